The fourth-order valence-corrected chi connectivity index (χ4v) is 4.77. The van der Waals surface area contributed by atoms with E-state index in [0.717, 1.165) is 36.8 Å². The maximum atomic E-state index is 12.6. The lowest BCUT2D eigenvalue weighted by Gasteiger charge is -2.16. The molecule has 0 aromatic heterocycles. The Morgan fingerprint density at radius 3 is 2.48 bits per heavy atom. The first-order valence-corrected chi connectivity index (χ1v) is 9.36. The molecule has 2 rings (SSSR count). The van der Waals surface area contributed by atoms with Crippen molar-refractivity contribution in [1.29, 1.82) is 0 Å². The second-order valence-corrected chi connectivity index (χ2v) is 8.67. The first-order chi connectivity index (χ1) is 9.81. The molecule has 1 saturated carbocycles. The van der Waals surface area contributed by atoms with Gasteiger partial charge in [-0.15, -0.1) is 0 Å². The minimum Gasteiger partial charge on any atom is -0.293 e. The van der Waals surface area contributed by atoms with Gasteiger partial charge in [-0.2, -0.15) is 0 Å². The maximum absolute atomic E-state index is 12.6. The Labute approximate surface area is 127 Å². The standard InChI is InChI=1S/C17H24O3S/c1-12-8-9-13(2)16(10-12)17(18)14(3)21(19,20)11-15-6-4-5-7-15/h8-10,14-15H,4-7,11H2,1-3H3. The minimum absolute atomic E-state index is 0.158. The maximum Gasteiger partial charge on any atom is 0.180 e. The van der Waals surface area contributed by atoms with Gasteiger partial charge in [0.15, 0.2) is 15.6 Å². The van der Waals surface area contributed by atoms with E-state index in [4.69, 9.17) is 0 Å². The zero-order valence-corrected chi connectivity index (χ0v) is 13.9. The Morgan fingerprint density at radius 1 is 1.24 bits per heavy atom. The molecule has 21 heavy (non-hydrogen) atoms. The van der Waals surface area contributed by atoms with E-state index in [-0.39, 0.29) is 17.5 Å². The molecule has 0 N–H and O–H groups in total. The van der Waals surface area contributed by atoms with Gasteiger partial charge in [-0.25, -0.2) is 8.42 Å². The van der Waals surface area contributed by atoms with E-state index in [0.29, 0.717) is 5.56 Å². The lowest BCUT2D eigenvalue weighted by molar-refractivity contribution is 0.0990. The van der Waals surface area contributed by atoms with Crippen molar-refractivity contribution in [1.82, 2.24) is 0 Å². The van der Waals surface area contributed by atoms with E-state index in [9.17, 15) is 13.2 Å². The number of sulfone groups is 1. The molecule has 1 aromatic carbocycles. The van der Waals surface area contributed by atoms with Gasteiger partial charge in [0.2, 0.25) is 0 Å². The van der Waals surface area contributed by atoms with Gasteiger partial charge in [0.05, 0.1) is 5.75 Å². The number of hydrogen-bond donors (Lipinski definition) is 0. The number of aryl methyl sites for hydroxylation is 2. The van der Waals surface area contributed by atoms with E-state index in [1.54, 1.807) is 6.07 Å². The summed E-state index contributed by atoms with van der Waals surface area (Å²) in [6, 6.07) is 5.60. The van der Waals surface area contributed by atoms with Gasteiger partial charge in [0.25, 0.3) is 0 Å². The predicted molar refractivity (Wildman–Crippen MR) is 85.5 cm³/mol. The van der Waals surface area contributed by atoms with Crippen LogP contribution < -0.4 is 0 Å². The molecule has 4 heteroatoms. The van der Waals surface area contributed by atoms with Gasteiger partial charge in [0.1, 0.15) is 5.25 Å². The topological polar surface area (TPSA) is 51.2 Å². The van der Waals surface area contributed by atoms with Crippen LogP contribution in [0.2, 0.25) is 0 Å². The molecule has 1 unspecified atom stereocenters. The highest BCUT2D eigenvalue weighted by Gasteiger charge is 2.32. The third-order valence-corrected chi connectivity index (χ3v) is 6.74. The molecule has 0 amide bonds. The van der Waals surface area contributed by atoms with E-state index in [1.807, 2.05) is 26.0 Å². The quantitative estimate of drug-likeness (QED) is 0.783. The molecule has 1 atom stereocenters. The van der Waals surface area contributed by atoms with Crippen molar-refractivity contribution >= 4 is 15.6 Å². The fourth-order valence-electron chi connectivity index (χ4n) is 3.03. The zero-order valence-electron chi connectivity index (χ0n) is 13.1. The summed E-state index contributed by atoms with van der Waals surface area (Å²) in [7, 11) is -3.37. The van der Waals surface area contributed by atoms with Crippen LogP contribution in [0, 0.1) is 19.8 Å². The van der Waals surface area contributed by atoms with Crippen molar-refractivity contribution in [2.24, 2.45) is 5.92 Å². The van der Waals surface area contributed by atoms with Crippen LogP contribution in [-0.2, 0) is 9.84 Å². The summed E-state index contributed by atoms with van der Waals surface area (Å²) < 4.78 is 25.0. The second-order valence-electron chi connectivity index (χ2n) is 6.30. The Balaban J connectivity index is 2.19. The van der Waals surface area contributed by atoms with Crippen LogP contribution in [0.3, 0.4) is 0 Å². The smallest absolute Gasteiger partial charge is 0.180 e. The van der Waals surface area contributed by atoms with Crippen LogP contribution in [-0.4, -0.2) is 25.2 Å². The molecule has 0 spiro atoms. The highest BCUT2D eigenvalue weighted by molar-refractivity contribution is 7.92. The second kappa shape index (κ2) is 6.30. The highest BCUT2D eigenvalue weighted by atomic mass is 32.2. The average Bonchev–Trinajstić information content (AvgIpc) is 2.92. The monoisotopic (exact) mass is 308 g/mol. The number of carbonyl (C=O) groups is 1. The van der Waals surface area contributed by atoms with Crippen LogP contribution >= 0.6 is 0 Å². The van der Waals surface area contributed by atoms with Crippen LogP contribution in [0.5, 0.6) is 0 Å². The summed E-state index contributed by atoms with van der Waals surface area (Å²) in [6.07, 6.45) is 4.17. The predicted octanol–water partition coefficient (Wildman–Crippen LogP) is 3.48. The van der Waals surface area contributed by atoms with Crippen molar-refractivity contribution in [3.63, 3.8) is 0 Å². The first-order valence-electron chi connectivity index (χ1n) is 7.64. The largest absolute Gasteiger partial charge is 0.293 e. The lowest BCUT2D eigenvalue weighted by Crippen LogP contribution is -2.32. The van der Waals surface area contributed by atoms with Crippen LogP contribution in [0.25, 0.3) is 0 Å². The molecule has 1 aromatic rings. The number of Topliss-reactive ketones (excluding diaryl/α,β-unsaturated/α-hetero) is 1. The molecule has 0 bridgehead atoms. The van der Waals surface area contributed by atoms with Gasteiger partial charge in [0, 0.05) is 5.56 Å². The van der Waals surface area contributed by atoms with Crippen molar-refractivity contribution in [3.05, 3.63) is 34.9 Å². The summed E-state index contributed by atoms with van der Waals surface area (Å²) in [4.78, 5) is 12.6. The van der Waals surface area contributed by atoms with Gasteiger partial charge in [-0.1, -0.05) is 30.5 Å². The molecule has 1 aliphatic carbocycles. The van der Waals surface area contributed by atoms with E-state index in [2.05, 4.69) is 0 Å². The number of benzene rings is 1. The van der Waals surface area contributed by atoms with Crippen LogP contribution in [0.15, 0.2) is 18.2 Å². The fraction of sp³-hybridized carbons (Fsp3) is 0.588. The summed E-state index contributed by atoms with van der Waals surface area (Å²) in [5.41, 5.74) is 2.36. The molecule has 0 saturated heterocycles. The Bertz CT molecular complexity index is 625. The van der Waals surface area contributed by atoms with Gasteiger partial charge >= 0.3 is 0 Å². The van der Waals surface area contributed by atoms with Crippen molar-refractivity contribution in [3.8, 4) is 0 Å². The minimum atomic E-state index is -3.37. The molecule has 0 aliphatic heterocycles. The molecule has 1 aliphatic rings. The van der Waals surface area contributed by atoms with E-state index >= 15 is 0 Å². The normalized spacial score (nSPS) is 17.9. The molecular formula is C17H24O3S. The average molecular weight is 308 g/mol. The molecule has 116 valence electrons. The van der Waals surface area contributed by atoms with E-state index < -0.39 is 15.1 Å². The molecule has 1 fully saturated rings. The third-order valence-electron chi connectivity index (χ3n) is 4.51. The van der Waals surface area contributed by atoms with Crippen molar-refractivity contribution in [2.45, 2.75) is 51.7 Å². The van der Waals surface area contributed by atoms with Gasteiger partial charge in [-0.3, -0.25) is 4.79 Å². The molecule has 3 nitrogen and oxygen atoms in total. The SMILES string of the molecule is Cc1ccc(C)c(C(=O)C(C)S(=O)(=O)CC2CCCC2)c1. The Kier molecular flexibility index (Phi) is 4.87. The Hall–Kier alpha value is -1.16. The first kappa shape index (κ1) is 16.2. The number of ketones is 1. The summed E-state index contributed by atoms with van der Waals surface area (Å²) in [5, 5.41) is -0.946. The third kappa shape index (κ3) is 3.73. The molecule has 0 heterocycles. The number of hydrogen-bond acceptors (Lipinski definition) is 3. The van der Waals surface area contributed by atoms with Crippen LogP contribution in [0.1, 0.15) is 54.1 Å². The van der Waals surface area contributed by atoms with Crippen LogP contribution in [0.4, 0.5) is 0 Å². The zero-order chi connectivity index (χ0) is 15.6. The highest BCUT2D eigenvalue weighted by Crippen LogP contribution is 2.28. The lowest BCUT2D eigenvalue weighted by atomic mass is 10.0. The van der Waals surface area contributed by atoms with E-state index in [1.165, 1.54) is 6.92 Å². The Morgan fingerprint density at radius 2 is 1.86 bits per heavy atom. The summed E-state index contributed by atoms with van der Waals surface area (Å²) in [6.45, 7) is 5.30. The molecule has 0 radical (unpaired) electrons. The summed E-state index contributed by atoms with van der Waals surface area (Å²) >= 11 is 0. The number of rotatable bonds is 5. The molecular weight excluding hydrogens is 284 g/mol. The van der Waals surface area contributed by atoms with Gasteiger partial charge in [-0.05, 0) is 51.2 Å². The van der Waals surface area contributed by atoms with Gasteiger partial charge < -0.3 is 0 Å². The van der Waals surface area contributed by atoms with Crippen molar-refractivity contribution < 1.29 is 13.2 Å². The summed E-state index contributed by atoms with van der Waals surface area (Å²) in [5.74, 6) is 0.128. The number of carbonyl (C=O) groups excluding carboxylic acids is 1. The van der Waals surface area contributed by atoms with Crippen molar-refractivity contribution in [2.75, 3.05) is 5.75 Å².